The zero-order chi connectivity index (χ0) is 15.8. The Kier molecular flexibility index (Phi) is 7.42. The van der Waals surface area contributed by atoms with Gasteiger partial charge in [-0.1, -0.05) is 13.8 Å². The standard InChI is InChI=1S/C16H32N4O2/c1-3-19-6-8-20(9-7-19)13-14(2)11-17-16(21)18-12-15-5-4-10-22-15/h14-15H,3-13H2,1-2H3,(H2,17,18,21)/t14-,15+/m0/s1. The van der Waals surface area contributed by atoms with Gasteiger partial charge < -0.3 is 25.2 Å². The molecule has 2 heterocycles. The zero-order valence-electron chi connectivity index (χ0n) is 14.1. The monoisotopic (exact) mass is 312 g/mol. The minimum Gasteiger partial charge on any atom is -0.376 e. The largest absolute Gasteiger partial charge is 0.376 e. The Morgan fingerprint density at radius 1 is 1.23 bits per heavy atom. The molecule has 2 N–H and O–H groups in total. The van der Waals surface area contributed by atoms with Crippen molar-refractivity contribution in [2.45, 2.75) is 32.8 Å². The maximum Gasteiger partial charge on any atom is 0.314 e. The molecular weight excluding hydrogens is 280 g/mol. The van der Waals surface area contributed by atoms with Crippen LogP contribution in [-0.4, -0.2) is 80.9 Å². The summed E-state index contributed by atoms with van der Waals surface area (Å²) in [5.74, 6) is 0.474. The molecule has 2 amide bonds. The molecule has 2 rings (SSSR count). The van der Waals surface area contributed by atoms with Crippen LogP contribution in [0.15, 0.2) is 0 Å². The van der Waals surface area contributed by atoms with E-state index in [1.807, 2.05) is 0 Å². The van der Waals surface area contributed by atoms with Gasteiger partial charge in [0.25, 0.3) is 0 Å². The van der Waals surface area contributed by atoms with Crippen LogP contribution < -0.4 is 10.6 Å². The highest BCUT2D eigenvalue weighted by molar-refractivity contribution is 5.73. The first-order chi connectivity index (χ1) is 10.7. The van der Waals surface area contributed by atoms with Gasteiger partial charge in [-0.2, -0.15) is 0 Å². The number of piperazine rings is 1. The van der Waals surface area contributed by atoms with Crippen molar-refractivity contribution >= 4 is 6.03 Å². The van der Waals surface area contributed by atoms with Crippen molar-refractivity contribution in [3.05, 3.63) is 0 Å². The van der Waals surface area contributed by atoms with Crippen LogP contribution in [0.3, 0.4) is 0 Å². The zero-order valence-corrected chi connectivity index (χ0v) is 14.1. The Bertz CT molecular complexity index is 326. The van der Waals surface area contributed by atoms with Crippen molar-refractivity contribution in [3.63, 3.8) is 0 Å². The summed E-state index contributed by atoms with van der Waals surface area (Å²) in [6.45, 7) is 13.4. The van der Waals surface area contributed by atoms with Gasteiger partial charge in [-0.3, -0.25) is 0 Å². The Labute approximate surface area is 134 Å². The summed E-state index contributed by atoms with van der Waals surface area (Å²) < 4.78 is 5.49. The molecule has 6 nitrogen and oxygen atoms in total. The minimum atomic E-state index is -0.0712. The molecule has 128 valence electrons. The number of urea groups is 1. The third kappa shape index (κ3) is 6.10. The maximum absolute atomic E-state index is 11.8. The van der Waals surface area contributed by atoms with E-state index < -0.39 is 0 Å². The summed E-state index contributed by atoms with van der Waals surface area (Å²) in [4.78, 5) is 16.8. The minimum absolute atomic E-state index is 0.0712. The summed E-state index contributed by atoms with van der Waals surface area (Å²) in [5.41, 5.74) is 0. The van der Waals surface area contributed by atoms with Crippen molar-refractivity contribution in [1.29, 1.82) is 0 Å². The van der Waals surface area contributed by atoms with Crippen molar-refractivity contribution in [3.8, 4) is 0 Å². The van der Waals surface area contributed by atoms with Gasteiger partial charge in [0.1, 0.15) is 0 Å². The van der Waals surface area contributed by atoms with E-state index in [2.05, 4.69) is 34.3 Å². The van der Waals surface area contributed by atoms with E-state index in [1.54, 1.807) is 0 Å². The lowest BCUT2D eigenvalue weighted by molar-refractivity contribution is 0.111. The van der Waals surface area contributed by atoms with Gasteiger partial charge >= 0.3 is 6.03 Å². The SMILES string of the molecule is CCN1CCN(C[C@@H](C)CNC(=O)NC[C@H]2CCCO2)CC1. The molecule has 2 aliphatic heterocycles. The molecule has 0 aromatic rings. The first-order valence-electron chi connectivity index (χ1n) is 8.75. The van der Waals surface area contributed by atoms with Crippen LogP contribution in [0.1, 0.15) is 26.7 Å². The van der Waals surface area contributed by atoms with Crippen LogP contribution in [0.25, 0.3) is 0 Å². The summed E-state index contributed by atoms with van der Waals surface area (Å²) in [6, 6.07) is -0.0712. The summed E-state index contributed by atoms with van der Waals surface area (Å²) in [6.07, 6.45) is 2.37. The number of nitrogens with one attached hydrogen (secondary N) is 2. The molecule has 0 aromatic heterocycles. The van der Waals surface area contributed by atoms with E-state index in [4.69, 9.17) is 4.74 Å². The number of carbonyl (C=O) groups excluding carboxylic acids is 1. The first kappa shape index (κ1) is 17.5. The first-order valence-corrected chi connectivity index (χ1v) is 8.75. The Hall–Kier alpha value is -0.850. The van der Waals surface area contributed by atoms with Crippen LogP contribution in [-0.2, 0) is 4.74 Å². The summed E-state index contributed by atoms with van der Waals surface area (Å²) in [5, 5.41) is 5.87. The number of rotatable bonds is 7. The van der Waals surface area contributed by atoms with Crippen molar-refractivity contribution in [2.75, 3.05) is 59.0 Å². The fraction of sp³-hybridized carbons (Fsp3) is 0.938. The highest BCUT2D eigenvalue weighted by atomic mass is 16.5. The highest BCUT2D eigenvalue weighted by Crippen LogP contribution is 2.10. The molecule has 0 aromatic carbocycles. The molecule has 2 saturated heterocycles. The highest BCUT2D eigenvalue weighted by Gasteiger charge is 2.18. The lowest BCUT2D eigenvalue weighted by Crippen LogP contribution is -2.48. The topological polar surface area (TPSA) is 56.8 Å². The average molecular weight is 312 g/mol. The fourth-order valence-electron chi connectivity index (χ4n) is 3.13. The Morgan fingerprint density at radius 3 is 2.59 bits per heavy atom. The van der Waals surface area contributed by atoms with Gasteiger partial charge in [0.05, 0.1) is 6.10 Å². The smallest absolute Gasteiger partial charge is 0.314 e. The van der Waals surface area contributed by atoms with E-state index >= 15 is 0 Å². The fourth-order valence-corrected chi connectivity index (χ4v) is 3.13. The van der Waals surface area contributed by atoms with Crippen LogP contribution in [0.2, 0.25) is 0 Å². The number of likely N-dealkylation sites (N-methyl/N-ethyl adjacent to an activating group) is 1. The molecule has 0 saturated carbocycles. The quantitative estimate of drug-likeness (QED) is 0.728. The van der Waals surface area contributed by atoms with Gasteiger partial charge in [-0.15, -0.1) is 0 Å². The second kappa shape index (κ2) is 9.33. The molecule has 0 unspecified atom stereocenters. The third-order valence-corrected chi connectivity index (χ3v) is 4.61. The van der Waals surface area contributed by atoms with Crippen molar-refractivity contribution in [2.24, 2.45) is 5.92 Å². The summed E-state index contributed by atoms with van der Waals surface area (Å²) >= 11 is 0. The summed E-state index contributed by atoms with van der Waals surface area (Å²) in [7, 11) is 0. The van der Waals surface area contributed by atoms with E-state index in [9.17, 15) is 4.79 Å². The third-order valence-electron chi connectivity index (χ3n) is 4.61. The maximum atomic E-state index is 11.8. The van der Waals surface area contributed by atoms with E-state index in [-0.39, 0.29) is 12.1 Å². The lowest BCUT2D eigenvalue weighted by atomic mass is 10.1. The second-order valence-corrected chi connectivity index (χ2v) is 6.57. The van der Waals surface area contributed by atoms with Crippen molar-refractivity contribution in [1.82, 2.24) is 20.4 Å². The van der Waals surface area contributed by atoms with Crippen LogP contribution in [0, 0.1) is 5.92 Å². The number of nitrogens with zero attached hydrogens (tertiary/aromatic N) is 2. The Balaban J connectivity index is 1.53. The second-order valence-electron chi connectivity index (χ2n) is 6.57. The van der Waals surface area contributed by atoms with E-state index in [0.29, 0.717) is 12.5 Å². The van der Waals surface area contributed by atoms with Gasteiger partial charge in [-0.25, -0.2) is 4.79 Å². The molecule has 0 radical (unpaired) electrons. The number of hydrogen-bond acceptors (Lipinski definition) is 4. The van der Waals surface area contributed by atoms with E-state index in [0.717, 1.165) is 52.2 Å². The molecule has 6 heteroatoms. The molecule has 0 aliphatic carbocycles. The van der Waals surface area contributed by atoms with Crippen LogP contribution in [0.4, 0.5) is 4.79 Å². The number of ether oxygens (including phenoxy) is 1. The van der Waals surface area contributed by atoms with Crippen LogP contribution >= 0.6 is 0 Å². The Morgan fingerprint density at radius 2 is 1.95 bits per heavy atom. The van der Waals surface area contributed by atoms with Gasteiger partial charge in [0, 0.05) is 52.4 Å². The molecule has 2 atom stereocenters. The lowest BCUT2D eigenvalue weighted by Gasteiger charge is -2.35. The van der Waals surface area contributed by atoms with Gasteiger partial charge in [-0.05, 0) is 25.3 Å². The number of carbonyl (C=O) groups is 1. The van der Waals surface area contributed by atoms with Gasteiger partial charge in [0.15, 0.2) is 0 Å². The number of amides is 2. The number of hydrogen-bond donors (Lipinski definition) is 2. The van der Waals surface area contributed by atoms with Gasteiger partial charge in [0.2, 0.25) is 0 Å². The molecule has 2 fully saturated rings. The average Bonchev–Trinajstić information content (AvgIpc) is 3.05. The predicted molar refractivity (Wildman–Crippen MR) is 88.1 cm³/mol. The molecule has 0 bridgehead atoms. The molecule has 2 aliphatic rings. The predicted octanol–water partition coefficient (Wildman–Crippen LogP) is 0.738. The molecular formula is C16H32N4O2. The van der Waals surface area contributed by atoms with Crippen molar-refractivity contribution < 1.29 is 9.53 Å². The van der Waals surface area contributed by atoms with Crippen LogP contribution in [0.5, 0.6) is 0 Å². The molecule has 0 spiro atoms. The van der Waals surface area contributed by atoms with E-state index in [1.165, 1.54) is 13.1 Å². The normalized spacial score (nSPS) is 25.1. The molecule has 22 heavy (non-hydrogen) atoms.